The fraction of sp³-hybridized carbons (Fsp3) is 0.167. The highest BCUT2D eigenvalue weighted by Crippen LogP contribution is 2.19. The minimum Gasteiger partial charge on any atom is -0.350 e. The summed E-state index contributed by atoms with van der Waals surface area (Å²) >= 11 is 0. The van der Waals surface area contributed by atoms with Crippen LogP contribution in [0.4, 0.5) is 0 Å². The van der Waals surface area contributed by atoms with Gasteiger partial charge < -0.3 is 10.6 Å². The third-order valence-electron chi connectivity index (χ3n) is 4.55. The van der Waals surface area contributed by atoms with Crippen molar-refractivity contribution in [1.82, 2.24) is 10.6 Å². The molecule has 2 amide bonds. The zero-order chi connectivity index (χ0) is 19.8. The zero-order valence-corrected chi connectivity index (χ0v) is 15.9. The molecule has 0 spiro atoms. The molecular weight excluding hydrogens is 348 g/mol. The fourth-order valence-electron chi connectivity index (χ4n) is 2.93. The Hall–Kier alpha value is -3.40. The van der Waals surface area contributed by atoms with Gasteiger partial charge in [0, 0.05) is 12.1 Å². The van der Waals surface area contributed by atoms with E-state index in [1.165, 1.54) is 5.56 Å². The molecule has 0 atom stereocenters. The molecule has 0 aliphatic rings. The molecule has 142 valence electrons. The third-order valence-corrected chi connectivity index (χ3v) is 4.55. The molecule has 4 nitrogen and oxygen atoms in total. The molecule has 0 saturated carbocycles. The van der Waals surface area contributed by atoms with Crippen LogP contribution in [0.1, 0.15) is 28.4 Å². The van der Waals surface area contributed by atoms with E-state index in [1.54, 1.807) is 12.1 Å². The largest absolute Gasteiger partial charge is 0.350 e. The third kappa shape index (κ3) is 5.30. The van der Waals surface area contributed by atoms with E-state index in [4.69, 9.17) is 0 Å². The van der Waals surface area contributed by atoms with Crippen LogP contribution in [0, 0.1) is 0 Å². The first kappa shape index (κ1) is 19.4. The molecule has 3 rings (SSSR count). The van der Waals surface area contributed by atoms with Crippen molar-refractivity contribution in [3.63, 3.8) is 0 Å². The molecule has 0 bridgehead atoms. The molecule has 28 heavy (non-hydrogen) atoms. The average molecular weight is 372 g/mol. The number of amides is 2. The second kappa shape index (κ2) is 9.51. The van der Waals surface area contributed by atoms with Gasteiger partial charge in [0.25, 0.3) is 5.91 Å². The van der Waals surface area contributed by atoms with E-state index in [0.717, 1.165) is 23.1 Å². The number of benzene rings is 3. The molecule has 0 heterocycles. The van der Waals surface area contributed by atoms with Gasteiger partial charge in [-0.3, -0.25) is 9.59 Å². The standard InChI is InChI=1S/C24H24N2O2/c1-2-18-7-6-8-19(15-18)16-25-23(27)17-26-24(28)22-13-11-21(12-14-22)20-9-4-3-5-10-20/h3-15H,2,16-17H2,1H3,(H,25,27)(H,26,28). The summed E-state index contributed by atoms with van der Waals surface area (Å²) in [6.07, 6.45) is 0.959. The molecule has 0 aliphatic carbocycles. The van der Waals surface area contributed by atoms with Gasteiger partial charge >= 0.3 is 0 Å². The molecule has 3 aromatic carbocycles. The quantitative estimate of drug-likeness (QED) is 0.659. The smallest absolute Gasteiger partial charge is 0.251 e. The van der Waals surface area contributed by atoms with Gasteiger partial charge in [-0.15, -0.1) is 0 Å². The number of carbonyl (C=O) groups excluding carboxylic acids is 2. The van der Waals surface area contributed by atoms with Gasteiger partial charge in [0.1, 0.15) is 0 Å². The van der Waals surface area contributed by atoms with Crippen LogP contribution in [0.5, 0.6) is 0 Å². The lowest BCUT2D eigenvalue weighted by atomic mass is 10.0. The van der Waals surface area contributed by atoms with Crippen LogP contribution < -0.4 is 10.6 Å². The summed E-state index contributed by atoms with van der Waals surface area (Å²) in [6.45, 7) is 2.50. The lowest BCUT2D eigenvalue weighted by molar-refractivity contribution is -0.120. The molecule has 0 saturated heterocycles. The summed E-state index contributed by atoms with van der Waals surface area (Å²) in [5, 5.41) is 5.50. The number of aryl methyl sites for hydroxylation is 1. The number of nitrogens with one attached hydrogen (secondary N) is 2. The molecule has 0 fully saturated rings. The molecule has 0 aliphatic heterocycles. The summed E-state index contributed by atoms with van der Waals surface area (Å²) in [5.41, 5.74) is 4.96. The summed E-state index contributed by atoms with van der Waals surface area (Å²) < 4.78 is 0. The van der Waals surface area contributed by atoms with E-state index in [-0.39, 0.29) is 18.4 Å². The molecule has 4 heteroatoms. The molecule has 0 radical (unpaired) electrons. The highest BCUT2D eigenvalue weighted by molar-refractivity contribution is 5.96. The second-order valence-electron chi connectivity index (χ2n) is 6.58. The van der Waals surface area contributed by atoms with Crippen LogP contribution in [-0.4, -0.2) is 18.4 Å². The first-order chi connectivity index (χ1) is 13.7. The van der Waals surface area contributed by atoms with Gasteiger partial charge in [-0.1, -0.05) is 73.7 Å². The maximum Gasteiger partial charge on any atom is 0.251 e. The summed E-state index contributed by atoms with van der Waals surface area (Å²) in [4.78, 5) is 24.3. The van der Waals surface area contributed by atoms with Crippen molar-refractivity contribution < 1.29 is 9.59 Å². The lowest BCUT2D eigenvalue weighted by Gasteiger charge is -2.09. The second-order valence-corrected chi connectivity index (χ2v) is 6.58. The SMILES string of the molecule is CCc1cccc(CNC(=O)CNC(=O)c2ccc(-c3ccccc3)cc2)c1. The van der Waals surface area contributed by atoms with Crippen LogP contribution in [-0.2, 0) is 17.8 Å². The Morgan fingerprint density at radius 3 is 2.14 bits per heavy atom. The minimum atomic E-state index is -0.261. The Balaban J connectivity index is 1.48. The molecule has 2 N–H and O–H groups in total. The van der Waals surface area contributed by atoms with Gasteiger partial charge in [-0.25, -0.2) is 0 Å². The average Bonchev–Trinajstić information content (AvgIpc) is 2.77. The monoisotopic (exact) mass is 372 g/mol. The number of rotatable bonds is 7. The van der Waals surface area contributed by atoms with Gasteiger partial charge in [-0.05, 0) is 40.8 Å². The van der Waals surface area contributed by atoms with Gasteiger partial charge in [0.05, 0.1) is 6.54 Å². The highest BCUT2D eigenvalue weighted by Gasteiger charge is 2.08. The van der Waals surface area contributed by atoms with E-state index in [1.807, 2.05) is 54.6 Å². The lowest BCUT2D eigenvalue weighted by Crippen LogP contribution is -2.36. The van der Waals surface area contributed by atoms with Crippen LogP contribution in [0.25, 0.3) is 11.1 Å². The first-order valence-corrected chi connectivity index (χ1v) is 9.44. The van der Waals surface area contributed by atoms with Crippen molar-refractivity contribution in [3.05, 3.63) is 95.6 Å². The van der Waals surface area contributed by atoms with Crippen LogP contribution >= 0.6 is 0 Å². The van der Waals surface area contributed by atoms with Crippen molar-refractivity contribution >= 4 is 11.8 Å². The van der Waals surface area contributed by atoms with Crippen LogP contribution in [0.2, 0.25) is 0 Å². The number of hydrogen-bond donors (Lipinski definition) is 2. The summed E-state index contributed by atoms with van der Waals surface area (Å²) in [6, 6.07) is 25.4. The van der Waals surface area contributed by atoms with E-state index < -0.39 is 0 Å². The van der Waals surface area contributed by atoms with Gasteiger partial charge in [0.2, 0.25) is 5.91 Å². The van der Waals surface area contributed by atoms with E-state index in [0.29, 0.717) is 12.1 Å². The Bertz CT molecular complexity index is 934. The summed E-state index contributed by atoms with van der Waals surface area (Å²) in [7, 11) is 0. The Morgan fingerprint density at radius 1 is 0.750 bits per heavy atom. The van der Waals surface area contributed by atoms with Gasteiger partial charge in [0.15, 0.2) is 0 Å². The van der Waals surface area contributed by atoms with Crippen molar-refractivity contribution in [1.29, 1.82) is 0 Å². The first-order valence-electron chi connectivity index (χ1n) is 9.44. The molecule has 3 aromatic rings. The maximum atomic E-state index is 12.3. The van der Waals surface area contributed by atoms with E-state index in [2.05, 4.69) is 29.7 Å². The van der Waals surface area contributed by atoms with Crippen LogP contribution in [0.3, 0.4) is 0 Å². The molecular formula is C24H24N2O2. The van der Waals surface area contributed by atoms with Crippen molar-refractivity contribution in [2.45, 2.75) is 19.9 Å². The van der Waals surface area contributed by atoms with Crippen molar-refractivity contribution in [2.75, 3.05) is 6.54 Å². The Kier molecular flexibility index (Phi) is 6.58. The minimum absolute atomic E-state index is 0.0489. The van der Waals surface area contributed by atoms with E-state index in [9.17, 15) is 9.59 Å². The predicted octanol–water partition coefficient (Wildman–Crippen LogP) is 3.96. The molecule has 0 aromatic heterocycles. The number of hydrogen-bond acceptors (Lipinski definition) is 2. The normalized spacial score (nSPS) is 10.3. The fourth-order valence-corrected chi connectivity index (χ4v) is 2.93. The van der Waals surface area contributed by atoms with Crippen LogP contribution in [0.15, 0.2) is 78.9 Å². The van der Waals surface area contributed by atoms with Gasteiger partial charge in [-0.2, -0.15) is 0 Å². The van der Waals surface area contributed by atoms with E-state index >= 15 is 0 Å². The molecule has 0 unspecified atom stereocenters. The maximum absolute atomic E-state index is 12.3. The zero-order valence-electron chi connectivity index (χ0n) is 15.9. The highest BCUT2D eigenvalue weighted by atomic mass is 16.2. The van der Waals surface area contributed by atoms with Crippen molar-refractivity contribution in [3.8, 4) is 11.1 Å². The van der Waals surface area contributed by atoms with Crippen molar-refractivity contribution in [2.24, 2.45) is 0 Å². The topological polar surface area (TPSA) is 58.2 Å². The predicted molar refractivity (Wildman–Crippen MR) is 112 cm³/mol. The number of carbonyl (C=O) groups is 2. The summed E-state index contributed by atoms with van der Waals surface area (Å²) in [5.74, 6) is -0.473. The Morgan fingerprint density at radius 2 is 1.43 bits per heavy atom. The Labute approximate surface area is 165 Å².